The van der Waals surface area contributed by atoms with E-state index in [-0.39, 0.29) is 23.4 Å². The molecule has 0 unspecified atom stereocenters. The molecule has 0 aliphatic carbocycles. The first-order valence-electron chi connectivity index (χ1n) is 8.18. The average Bonchev–Trinajstić information content (AvgIpc) is 2.55. The molecule has 2 rings (SSSR count). The van der Waals surface area contributed by atoms with Gasteiger partial charge in [-0.3, -0.25) is 9.59 Å². The van der Waals surface area contributed by atoms with Crippen LogP contribution in [0, 0.1) is 17.6 Å². The average molecular weight is 348 g/mol. The number of piperazine rings is 1. The Kier molecular flexibility index (Phi) is 6.07. The second-order valence-corrected chi connectivity index (χ2v) is 6.49. The highest BCUT2D eigenvalue weighted by atomic mass is 19.1. The van der Waals surface area contributed by atoms with Crippen molar-refractivity contribution in [2.24, 2.45) is 5.92 Å². The minimum Gasteiger partial charge on any atom is -0.346 e. The number of nitrogens with one attached hydrogen (secondary N) is 1. The van der Waals surface area contributed by atoms with Crippen LogP contribution in [0.2, 0.25) is 0 Å². The molecule has 0 spiro atoms. The van der Waals surface area contributed by atoms with Crippen LogP contribution in [-0.2, 0) is 9.59 Å². The molecule has 134 valence electrons. The van der Waals surface area contributed by atoms with Crippen LogP contribution >= 0.6 is 0 Å². The van der Waals surface area contributed by atoms with Gasteiger partial charge in [0.15, 0.2) is 0 Å². The summed E-state index contributed by atoms with van der Waals surface area (Å²) in [6.45, 7) is 7.91. The van der Waals surface area contributed by atoms with Crippen LogP contribution in [0.1, 0.15) is 25.8 Å². The lowest BCUT2D eigenvalue weighted by Gasteiger charge is -2.38. The number of nitrogens with zero attached hydrogens (tertiary/aromatic N) is 1. The number of rotatable bonds is 5. The van der Waals surface area contributed by atoms with E-state index in [2.05, 4.69) is 11.9 Å². The van der Waals surface area contributed by atoms with Crippen molar-refractivity contribution in [3.05, 3.63) is 54.1 Å². The van der Waals surface area contributed by atoms with E-state index in [4.69, 9.17) is 0 Å². The van der Waals surface area contributed by atoms with Crippen LogP contribution in [0.4, 0.5) is 8.78 Å². The van der Waals surface area contributed by atoms with Gasteiger partial charge in [-0.25, -0.2) is 8.78 Å². The summed E-state index contributed by atoms with van der Waals surface area (Å²) < 4.78 is 26.6. The quantitative estimate of drug-likeness (QED) is 0.657. The first kappa shape index (κ1) is 18.8. The van der Waals surface area contributed by atoms with Crippen LogP contribution in [0.15, 0.2) is 36.9 Å². The molecule has 1 aliphatic rings. The molecule has 2 atom stereocenters. The van der Waals surface area contributed by atoms with Crippen molar-refractivity contribution in [2.75, 3.05) is 6.54 Å². The van der Waals surface area contributed by atoms with Crippen LogP contribution in [0.5, 0.6) is 0 Å². The largest absolute Gasteiger partial charge is 0.346 e. The molecule has 6 heteroatoms. The van der Waals surface area contributed by atoms with Crippen LogP contribution in [-0.4, -0.2) is 35.3 Å². The topological polar surface area (TPSA) is 49.4 Å². The molecule has 0 radical (unpaired) electrons. The Morgan fingerprint density at radius 3 is 2.76 bits per heavy atom. The minimum atomic E-state index is -0.747. The van der Waals surface area contributed by atoms with E-state index in [1.54, 1.807) is 6.08 Å². The third-order valence-electron chi connectivity index (χ3n) is 4.03. The summed E-state index contributed by atoms with van der Waals surface area (Å²) in [5, 5.41) is 2.82. The zero-order chi connectivity index (χ0) is 18.6. The fourth-order valence-corrected chi connectivity index (χ4v) is 2.76. The van der Waals surface area contributed by atoms with E-state index < -0.39 is 23.6 Å². The molecule has 1 aliphatic heterocycles. The Hall–Kier alpha value is -2.50. The van der Waals surface area contributed by atoms with Crippen LogP contribution in [0.3, 0.4) is 0 Å². The number of benzene rings is 1. The summed E-state index contributed by atoms with van der Waals surface area (Å²) in [6, 6.07) is 2.24. The van der Waals surface area contributed by atoms with Gasteiger partial charge < -0.3 is 10.2 Å². The second-order valence-electron chi connectivity index (χ2n) is 6.49. The van der Waals surface area contributed by atoms with Crippen LogP contribution in [0.25, 0.3) is 6.08 Å². The Morgan fingerprint density at radius 1 is 1.44 bits per heavy atom. The highest BCUT2D eigenvalue weighted by Crippen LogP contribution is 2.18. The van der Waals surface area contributed by atoms with Gasteiger partial charge in [-0.15, -0.1) is 6.58 Å². The van der Waals surface area contributed by atoms with Gasteiger partial charge in [0.05, 0.1) is 6.04 Å². The highest BCUT2D eigenvalue weighted by Gasteiger charge is 2.35. The predicted molar refractivity (Wildman–Crippen MR) is 92.5 cm³/mol. The number of halogens is 2. The molecular formula is C19H22F2N2O2. The molecule has 0 aromatic heterocycles. The maximum Gasteiger partial charge on any atom is 0.247 e. The van der Waals surface area contributed by atoms with E-state index in [0.717, 1.165) is 12.1 Å². The van der Waals surface area contributed by atoms with Gasteiger partial charge in [-0.05, 0) is 30.5 Å². The minimum absolute atomic E-state index is 0.108. The summed E-state index contributed by atoms with van der Waals surface area (Å²) >= 11 is 0. The summed E-state index contributed by atoms with van der Waals surface area (Å²) in [6.07, 6.45) is 4.61. The Bertz CT molecular complexity index is 701. The standard InChI is InChI=1S/C19H22F2N2O2/c1-4-15-11-23(17(9-12(2)3)19(25)22-15)18(24)8-6-13-5-7-14(20)10-16(13)21/h4-8,10,12,15,17H,1,9,11H2,2-3H3,(H,22,25)/b8-6+/t15-,17-/m0/s1. The van der Waals surface area contributed by atoms with Crippen molar-refractivity contribution in [3.8, 4) is 0 Å². The first-order chi connectivity index (χ1) is 11.8. The molecule has 0 saturated carbocycles. The highest BCUT2D eigenvalue weighted by molar-refractivity contribution is 5.96. The molecule has 0 bridgehead atoms. The molecule has 1 heterocycles. The molecular weight excluding hydrogens is 326 g/mol. The van der Waals surface area contributed by atoms with Gasteiger partial charge in [0.2, 0.25) is 11.8 Å². The number of carbonyl (C=O) groups excluding carboxylic acids is 2. The monoisotopic (exact) mass is 348 g/mol. The molecule has 2 amide bonds. The van der Waals surface area contributed by atoms with Gasteiger partial charge in [0.1, 0.15) is 17.7 Å². The summed E-state index contributed by atoms with van der Waals surface area (Å²) in [5.74, 6) is -1.82. The van der Waals surface area contributed by atoms with Gasteiger partial charge in [-0.1, -0.05) is 19.9 Å². The summed E-state index contributed by atoms with van der Waals surface area (Å²) in [5.41, 5.74) is 0.108. The first-order valence-corrected chi connectivity index (χ1v) is 8.18. The van der Waals surface area contributed by atoms with E-state index in [9.17, 15) is 18.4 Å². The van der Waals surface area contributed by atoms with E-state index in [1.165, 1.54) is 23.1 Å². The predicted octanol–water partition coefficient (Wildman–Crippen LogP) is 2.91. The Labute approximate surface area is 146 Å². The van der Waals surface area contributed by atoms with Crippen LogP contribution < -0.4 is 5.32 Å². The summed E-state index contributed by atoms with van der Waals surface area (Å²) in [4.78, 5) is 26.4. The molecule has 1 N–H and O–H groups in total. The molecule has 1 aromatic carbocycles. The van der Waals surface area contributed by atoms with Gasteiger partial charge in [0.25, 0.3) is 0 Å². The lowest BCUT2D eigenvalue weighted by atomic mass is 9.98. The third kappa shape index (κ3) is 4.75. The third-order valence-corrected chi connectivity index (χ3v) is 4.03. The Morgan fingerprint density at radius 2 is 2.16 bits per heavy atom. The Balaban J connectivity index is 2.21. The summed E-state index contributed by atoms with van der Waals surface area (Å²) in [7, 11) is 0. The SMILES string of the molecule is C=C[C@H]1CN(C(=O)/C=C/c2ccc(F)cc2F)[C@@H](CC(C)C)C(=O)N1. The van der Waals surface area contributed by atoms with Gasteiger partial charge >= 0.3 is 0 Å². The van der Waals surface area contributed by atoms with E-state index in [0.29, 0.717) is 13.0 Å². The normalized spacial score (nSPS) is 20.8. The van der Waals surface area contributed by atoms with Crippen molar-refractivity contribution >= 4 is 17.9 Å². The fraction of sp³-hybridized carbons (Fsp3) is 0.368. The lowest BCUT2D eigenvalue weighted by Crippen LogP contribution is -2.61. The van der Waals surface area contributed by atoms with Crippen molar-refractivity contribution in [1.29, 1.82) is 0 Å². The van der Waals surface area contributed by atoms with E-state index in [1.807, 2.05) is 13.8 Å². The molecule has 1 aromatic rings. The maximum atomic E-state index is 13.7. The maximum absolute atomic E-state index is 13.7. The number of carbonyl (C=O) groups is 2. The second kappa shape index (κ2) is 8.05. The molecule has 1 fully saturated rings. The zero-order valence-electron chi connectivity index (χ0n) is 14.3. The molecule has 25 heavy (non-hydrogen) atoms. The lowest BCUT2D eigenvalue weighted by molar-refractivity contribution is -0.141. The molecule has 4 nitrogen and oxygen atoms in total. The van der Waals surface area contributed by atoms with Crippen molar-refractivity contribution in [2.45, 2.75) is 32.4 Å². The molecule has 1 saturated heterocycles. The van der Waals surface area contributed by atoms with Crippen molar-refractivity contribution < 1.29 is 18.4 Å². The number of amides is 2. The van der Waals surface area contributed by atoms with E-state index >= 15 is 0 Å². The fourth-order valence-electron chi connectivity index (χ4n) is 2.76. The zero-order valence-corrected chi connectivity index (χ0v) is 14.3. The van der Waals surface area contributed by atoms with Crippen molar-refractivity contribution in [1.82, 2.24) is 10.2 Å². The van der Waals surface area contributed by atoms with Gasteiger partial charge in [0, 0.05) is 24.3 Å². The number of hydrogen-bond donors (Lipinski definition) is 1. The van der Waals surface area contributed by atoms with Gasteiger partial charge in [-0.2, -0.15) is 0 Å². The van der Waals surface area contributed by atoms with Crippen molar-refractivity contribution in [3.63, 3.8) is 0 Å². The number of hydrogen-bond acceptors (Lipinski definition) is 2. The smallest absolute Gasteiger partial charge is 0.247 e.